The average Bonchev–Trinajstić information content (AvgIpc) is 3.56. The molecule has 1 fully saturated rings. The Morgan fingerprint density at radius 3 is 2.65 bits per heavy atom. The van der Waals surface area contributed by atoms with Crippen LogP contribution in [0.5, 0.6) is 0 Å². The van der Waals surface area contributed by atoms with Crippen LogP contribution < -0.4 is 5.32 Å². The third-order valence-electron chi connectivity index (χ3n) is 6.40. The van der Waals surface area contributed by atoms with Crippen LogP contribution >= 0.6 is 11.6 Å². The number of tetrazole rings is 1. The summed E-state index contributed by atoms with van der Waals surface area (Å²) in [4.78, 5) is 38.5. The minimum absolute atomic E-state index is 0.0873. The van der Waals surface area contributed by atoms with E-state index in [0.29, 0.717) is 41.8 Å². The lowest BCUT2D eigenvalue weighted by molar-refractivity contribution is -0.135. The van der Waals surface area contributed by atoms with E-state index in [2.05, 4.69) is 20.8 Å². The van der Waals surface area contributed by atoms with Crippen molar-refractivity contribution in [1.82, 2.24) is 25.1 Å². The maximum Gasteiger partial charge on any atom is 0.328 e. The molecular weight excluding hydrogens is 503 g/mol. The fraction of sp³-hybridized carbons (Fsp3) is 0.200. The lowest BCUT2D eigenvalue weighted by Crippen LogP contribution is -2.48. The molecule has 5 rings (SSSR count). The molecule has 10 nitrogen and oxygen atoms in total. The van der Waals surface area contributed by atoms with Crippen molar-refractivity contribution in [3.05, 3.63) is 76.8 Å². The minimum Gasteiger partial charge on any atom is -0.478 e. The number of carboxylic acid groups (broad SMARTS) is 1. The summed E-state index contributed by atoms with van der Waals surface area (Å²) >= 11 is 6.06. The van der Waals surface area contributed by atoms with Crippen molar-refractivity contribution < 1.29 is 23.9 Å². The summed E-state index contributed by atoms with van der Waals surface area (Å²) in [7, 11) is 0. The van der Waals surface area contributed by atoms with Crippen LogP contribution in [0.1, 0.15) is 30.4 Å². The molecular formula is C25H20ClFN6O4. The maximum atomic E-state index is 15.2. The number of halogens is 2. The van der Waals surface area contributed by atoms with Gasteiger partial charge in [0.2, 0.25) is 11.8 Å². The number of amides is 2. The number of carbonyl (C=O) groups excluding carboxylic acids is 2. The van der Waals surface area contributed by atoms with Crippen LogP contribution in [0.15, 0.2) is 54.9 Å². The number of nitrogens with one attached hydrogen (secondary N) is 1. The van der Waals surface area contributed by atoms with Gasteiger partial charge in [0.15, 0.2) is 5.82 Å². The molecule has 0 radical (unpaired) electrons. The van der Waals surface area contributed by atoms with E-state index in [0.717, 1.165) is 6.08 Å². The number of hydrogen-bond acceptors (Lipinski definition) is 6. The molecule has 2 aliphatic heterocycles. The smallest absolute Gasteiger partial charge is 0.328 e. The molecule has 0 aliphatic carbocycles. The summed E-state index contributed by atoms with van der Waals surface area (Å²) in [5.74, 6) is -2.44. The van der Waals surface area contributed by atoms with Gasteiger partial charge in [-0.2, -0.15) is 4.68 Å². The van der Waals surface area contributed by atoms with Crippen LogP contribution in [0, 0.1) is 5.82 Å². The van der Waals surface area contributed by atoms with Crippen LogP contribution in [0.3, 0.4) is 0 Å². The predicted octanol–water partition coefficient (Wildman–Crippen LogP) is 3.34. The zero-order valence-corrected chi connectivity index (χ0v) is 20.0. The predicted molar refractivity (Wildman–Crippen MR) is 132 cm³/mol. The van der Waals surface area contributed by atoms with E-state index in [1.165, 1.54) is 29.2 Å². The summed E-state index contributed by atoms with van der Waals surface area (Å²) in [6.07, 6.45) is 6.51. The molecule has 0 saturated carbocycles. The van der Waals surface area contributed by atoms with Crippen LogP contribution in [0.2, 0.25) is 5.02 Å². The number of fused-ring (bicyclic) bond motifs is 1. The zero-order valence-electron chi connectivity index (χ0n) is 19.2. The SMILES string of the molecule is O=C(O)/C=C/c1ccc(NC(=O)[C@@H]2CCC3CC(c4c(-n5cnnn5)ccc(Cl)c4F)=CC(=O)N32)cc1. The molecule has 0 bridgehead atoms. The average molecular weight is 523 g/mol. The first-order valence-electron chi connectivity index (χ1n) is 11.4. The molecule has 3 aromatic rings. The second-order valence-corrected chi connectivity index (χ2v) is 9.07. The number of aliphatic carboxylic acids is 1. The topological polar surface area (TPSA) is 130 Å². The van der Waals surface area contributed by atoms with Crippen LogP contribution in [-0.2, 0) is 14.4 Å². The zero-order chi connectivity index (χ0) is 26.1. The van der Waals surface area contributed by atoms with Gasteiger partial charge in [0.1, 0.15) is 12.4 Å². The van der Waals surface area contributed by atoms with Crippen molar-refractivity contribution in [3.63, 3.8) is 0 Å². The Morgan fingerprint density at radius 2 is 1.95 bits per heavy atom. The summed E-state index contributed by atoms with van der Waals surface area (Å²) < 4.78 is 16.5. The number of nitrogens with zero attached hydrogens (tertiary/aromatic N) is 5. The molecule has 1 unspecified atom stereocenters. The molecule has 1 aromatic heterocycles. The summed E-state index contributed by atoms with van der Waals surface area (Å²) in [6, 6.07) is 8.69. The van der Waals surface area contributed by atoms with E-state index >= 15 is 4.39 Å². The monoisotopic (exact) mass is 522 g/mol. The molecule has 2 amide bonds. The Morgan fingerprint density at radius 1 is 1.16 bits per heavy atom. The third-order valence-corrected chi connectivity index (χ3v) is 6.69. The number of hydrogen-bond donors (Lipinski definition) is 2. The second-order valence-electron chi connectivity index (χ2n) is 8.66. The Balaban J connectivity index is 1.36. The number of anilines is 1. The molecule has 188 valence electrons. The lowest BCUT2D eigenvalue weighted by atomic mass is 9.92. The van der Waals surface area contributed by atoms with E-state index in [1.54, 1.807) is 35.2 Å². The highest BCUT2D eigenvalue weighted by Gasteiger charge is 2.43. The Bertz CT molecular complexity index is 1440. The molecule has 0 spiro atoms. The summed E-state index contributed by atoms with van der Waals surface area (Å²) in [6.45, 7) is 0. The second kappa shape index (κ2) is 9.94. The largest absolute Gasteiger partial charge is 0.478 e. The Hall–Kier alpha value is -4.38. The van der Waals surface area contributed by atoms with E-state index < -0.39 is 17.8 Å². The van der Waals surface area contributed by atoms with E-state index in [1.807, 2.05) is 0 Å². The van der Waals surface area contributed by atoms with Crippen molar-refractivity contribution >= 4 is 46.7 Å². The van der Waals surface area contributed by atoms with Crippen molar-refractivity contribution in [3.8, 4) is 5.69 Å². The minimum atomic E-state index is -1.05. The first kappa shape index (κ1) is 24.3. The van der Waals surface area contributed by atoms with Gasteiger partial charge in [-0.05, 0) is 71.2 Å². The molecule has 3 heterocycles. The maximum absolute atomic E-state index is 15.2. The number of benzene rings is 2. The highest BCUT2D eigenvalue weighted by Crippen LogP contribution is 2.40. The molecule has 2 N–H and O–H groups in total. The quantitative estimate of drug-likeness (QED) is 0.475. The Labute approximate surface area is 215 Å². The van der Waals surface area contributed by atoms with Gasteiger partial charge in [0.25, 0.3) is 0 Å². The summed E-state index contributed by atoms with van der Waals surface area (Å²) in [5.41, 5.74) is 2.15. The van der Waals surface area contributed by atoms with Crippen molar-refractivity contribution in [1.29, 1.82) is 0 Å². The first-order chi connectivity index (χ1) is 17.8. The van der Waals surface area contributed by atoms with Gasteiger partial charge in [-0.3, -0.25) is 9.59 Å². The molecule has 1 saturated heterocycles. The molecule has 12 heteroatoms. The normalized spacial score (nSPS) is 19.1. The first-order valence-corrected chi connectivity index (χ1v) is 11.8. The van der Waals surface area contributed by atoms with Crippen molar-refractivity contribution in [2.75, 3.05) is 5.32 Å². The van der Waals surface area contributed by atoms with Crippen molar-refractivity contribution in [2.45, 2.75) is 31.3 Å². The fourth-order valence-corrected chi connectivity index (χ4v) is 4.92. The van der Waals surface area contributed by atoms with Crippen molar-refractivity contribution in [2.24, 2.45) is 0 Å². The highest BCUT2D eigenvalue weighted by atomic mass is 35.5. The number of carbonyl (C=O) groups is 3. The molecule has 2 atom stereocenters. The molecule has 2 aromatic carbocycles. The Kier molecular flexibility index (Phi) is 6.53. The van der Waals surface area contributed by atoms with Crippen LogP contribution in [-0.4, -0.2) is 60.1 Å². The fourth-order valence-electron chi connectivity index (χ4n) is 4.76. The number of carboxylic acids is 1. The van der Waals surface area contributed by atoms with Gasteiger partial charge in [-0.1, -0.05) is 23.7 Å². The van der Waals surface area contributed by atoms with Crippen LogP contribution in [0.25, 0.3) is 17.3 Å². The van der Waals surface area contributed by atoms with Gasteiger partial charge < -0.3 is 15.3 Å². The third kappa shape index (κ3) is 4.85. The van der Waals surface area contributed by atoms with E-state index in [-0.39, 0.29) is 28.4 Å². The lowest BCUT2D eigenvalue weighted by Gasteiger charge is -2.33. The molecule has 37 heavy (non-hydrogen) atoms. The standard InChI is InChI=1S/C25H20ClFN6O4/c26-18-7-9-19(32-13-28-30-31-32)23(24(18)27)15-11-17-6-8-20(33(17)21(34)12-15)25(37)29-16-4-1-14(2-5-16)3-10-22(35)36/h1-5,7,9-10,12-13,17,20H,6,8,11H2,(H,29,37)(H,35,36)/b10-3+/t17?,20-/m0/s1. The van der Waals surface area contributed by atoms with Gasteiger partial charge in [0.05, 0.1) is 10.7 Å². The van der Waals surface area contributed by atoms with E-state index in [9.17, 15) is 14.4 Å². The van der Waals surface area contributed by atoms with Crippen LogP contribution in [0.4, 0.5) is 10.1 Å². The van der Waals surface area contributed by atoms with Gasteiger partial charge in [0, 0.05) is 29.4 Å². The van der Waals surface area contributed by atoms with Gasteiger partial charge in [-0.25, -0.2) is 9.18 Å². The number of aromatic nitrogens is 4. The van der Waals surface area contributed by atoms with Gasteiger partial charge in [-0.15, -0.1) is 5.10 Å². The highest BCUT2D eigenvalue weighted by molar-refractivity contribution is 6.31. The van der Waals surface area contributed by atoms with E-state index in [4.69, 9.17) is 16.7 Å². The molecule has 2 aliphatic rings. The number of rotatable bonds is 6. The van der Waals surface area contributed by atoms with Gasteiger partial charge >= 0.3 is 5.97 Å². The summed E-state index contributed by atoms with van der Waals surface area (Å²) in [5, 5.41) is 22.5.